The van der Waals surface area contributed by atoms with E-state index in [9.17, 15) is 9.59 Å². The second kappa shape index (κ2) is 12.6. The summed E-state index contributed by atoms with van der Waals surface area (Å²) in [5.41, 5.74) is 2.73. The third kappa shape index (κ3) is 6.40. The van der Waals surface area contributed by atoms with Gasteiger partial charge in [-0.25, -0.2) is 0 Å². The molecule has 0 aliphatic heterocycles. The summed E-state index contributed by atoms with van der Waals surface area (Å²) in [6.45, 7) is 4.41. The fourth-order valence-electron chi connectivity index (χ4n) is 4.16. The van der Waals surface area contributed by atoms with E-state index in [0.717, 1.165) is 11.1 Å². The van der Waals surface area contributed by atoms with Crippen LogP contribution in [-0.2, 0) is 16.1 Å². The van der Waals surface area contributed by atoms with Crippen molar-refractivity contribution in [2.24, 2.45) is 0 Å². The third-order valence-electron chi connectivity index (χ3n) is 5.91. The van der Waals surface area contributed by atoms with Gasteiger partial charge in [-0.1, -0.05) is 96.9 Å². The second-order valence-corrected chi connectivity index (χ2v) is 8.93. The Balaban J connectivity index is 1.99. The lowest BCUT2D eigenvalue weighted by Gasteiger charge is -2.32. The SMILES string of the molecule is CCNC(=O)[C@H](CC)N(Cc1c(Cl)cccc1Cl)C(=O)CC(c1ccccc1)c1ccccc1. The quantitative estimate of drug-likeness (QED) is 0.350. The van der Waals surface area contributed by atoms with Crippen LogP contribution in [0, 0.1) is 0 Å². The molecule has 0 radical (unpaired) electrons. The molecule has 6 heteroatoms. The van der Waals surface area contributed by atoms with Gasteiger partial charge < -0.3 is 10.2 Å². The van der Waals surface area contributed by atoms with Crippen LogP contribution in [0.3, 0.4) is 0 Å². The molecule has 0 aliphatic carbocycles. The molecule has 4 nitrogen and oxygen atoms in total. The van der Waals surface area contributed by atoms with E-state index in [1.807, 2.05) is 74.5 Å². The maximum absolute atomic E-state index is 13.9. The summed E-state index contributed by atoms with van der Waals surface area (Å²) in [6, 6.07) is 24.6. The zero-order valence-corrected chi connectivity index (χ0v) is 21.0. The highest BCUT2D eigenvalue weighted by Gasteiger charge is 2.31. The first-order chi connectivity index (χ1) is 16.5. The van der Waals surface area contributed by atoms with Crippen molar-refractivity contribution in [3.63, 3.8) is 0 Å². The van der Waals surface area contributed by atoms with Gasteiger partial charge in [0.2, 0.25) is 11.8 Å². The van der Waals surface area contributed by atoms with E-state index in [1.54, 1.807) is 23.1 Å². The molecular weight excluding hydrogens is 467 g/mol. The molecule has 3 aromatic rings. The highest BCUT2D eigenvalue weighted by atomic mass is 35.5. The summed E-state index contributed by atoms with van der Waals surface area (Å²) in [5.74, 6) is -0.463. The van der Waals surface area contributed by atoms with Crippen molar-refractivity contribution in [3.05, 3.63) is 106 Å². The molecule has 0 aliphatic rings. The van der Waals surface area contributed by atoms with Gasteiger partial charge >= 0.3 is 0 Å². The van der Waals surface area contributed by atoms with E-state index in [4.69, 9.17) is 23.2 Å². The molecule has 3 aromatic carbocycles. The number of halogens is 2. The van der Waals surface area contributed by atoms with Gasteiger partial charge in [-0.3, -0.25) is 9.59 Å². The lowest BCUT2D eigenvalue weighted by atomic mass is 9.88. The first kappa shape index (κ1) is 25.8. The van der Waals surface area contributed by atoms with Gasteiger partial charge in [0.1, 0.15) is 6.04 Å². The average molecular weight is 497 g/mol. The number of likely N-dealkylation sites (N-methyl/N-ethyl adjacent to an activating group) is 1. The summed E-state index contributed by atoms with van der Waals surface area (Å²) < 4.78 is 0. The number of amides is 2. The number of nitrogens with one attached hydrogen (secondary N) is 1. The summed E-state index contributed by atoms with van der Waals surface area (Å²) in [6.07, 6.45) is 0.687. The number of hydrogen-bond donors (Lipinski definition) is 1. The van der Waals surface area contributed by atoms with Crippen molar-refractivity contribution < 1.29 is 9.59 Å². The highest BCUT2D eigenvalue weighted by molar-refractivity contribution is 6.36. The van der Waals surface area contributed by atoms with Crippen molar-refractivity contribution >= 4 is 35.0 Å². The van der Waals surface area contributed by atoms with E-state index in [0.29, 0.717) is 28.6 Å². The van der Waals surface area contributed by atoms with Crippen molar-refractivity contribution in [2.75, 3.05) is 6.54 Å². The van der Waals surface area contributed by atoms with Gasteiger partial charge in [0, 0.05) is 41.0 Å². The fourth-order valence-corrected chi connectivity index (χ4v) is 4.67. The van der Waals surface area contributed by atoms with Crippen molar-refractivity contribution in [3.8, 4) is 0 Å². The minimum absolute atomic E-state index is 0.133. The van der Waals surface area contributed by atoms with Gasteiger partial charge in [0.05, 0.1) is 0 Å². The Kier molecular flexibility index (Phi) is 9.55. The first-order valence-electron chi connectivity index (χ1n) is 11.6. The van der Waals surface area contributed by atoms with E-state index in [-0.39, 0.29) is 30.7 Å². The molecule has 0 bridgehead atoms. The Morgan fingerprint density at radius 2 is 1.35 bits per heavy atom. The Labute approximate surface area is 211 Å². The highest BCUT2D eigenvalue weighted by Crippen LogP contribution is 2.31. The summed E-state index contributed by atoms with van der Waals surface area (Å²) in [4.78, 5) is 28.5. The number of carbonyl (C=O) groups is 2. The van der Waals surface area contributed by atoms with Gasteiger partial charge in [-0.2, -0.15) is 0 Å². The molecule has 1 atom stereocenters. The summed E-state index contributed by atoms with van der Waals surface area (Å²) in [7, 11) is 0. The Morgan fingerprint density at radius 1 is 0.824 bits per heavy atom. The van der Waals surface area contributed by atoms with Crippen molar-refractivity contribution in [1.82, 2.24) is 10.2 Å². The number of rotatable bonds is 10. The second-order valence-electron chi connectivity index (χ2n) is 8.12. The lowest BCUT2D eigenvalue weighted by molar-refractivity contribution is -0.141. The van der Waals surface area contributed by atoms with Crippen LogP contribution >= 0.6 is 23.2 Å². The van der Waals surface area contributed by atoms with Crippen molar-refractivity contribution in [2.45, 2.75) is 45.2 Å². The van der Waals surface area contributed by atoms with E-state index in [2.05, 4.69) is 5.32 Å². The van der Waals surface area contributed by atoms with Crippen LogP contribution in [0.25, 0.3) is 0 Å². The molecule has 0 spiro atoms. The third-order valence-corrected chi connectivity index (χ3v) is 6.62. The maximum atomic E-state index is 13.9. The topological polar surface area (TPSA) is 49.4 Å². The lowest BCUT2D eigenvalue weighted by Crippen LogP contribution is -2.49. The molecular formula is C28H30Cl2N2O2. The molecule has 0 saturated carbocycles. The number of nitrogens with zero attached hydrogens (tertiary/aromatic N) is 1. The number of carbonyl (C=O) groups excluding carboxylic acids is 2. The van der Waals surface area contributed by atoms with Gasteiger partial charge in [-0.15, -0.1) is 0 Å². The average Bonchev–Trinajstić information content (AvgIpc) is 2.85. The smallest absolute Gasteiger partial charge is 0.242 e. The van der Waals surface area contributed by atoms with Crippen LogP contribution in [-0.4, -0.2) is 29.3 Å². The molecule has 2 amide bonds. The molecule has 0 heterocycles. The minimum Gasteiger partial charge on any atom is -0.355 e. The van der Waals surface area contributed by atoms with Crippen LogP contribution in [0.5, 0.6) is 0 Å². The van der Waals surface area contributed by atoms with Crippen LogP contribution in [0.15, 0.2) is 78.9 Å². The summed E-state index contributed by atoms with van der Waals surface area (Å²) in [5, 5.41) is 3.81. The number of benzene rings is 3. The van der Waals surface area contributed by atoms with Crippen LogP contribution in [0.1, 0.15) is 49.3 Å². The molecule has 0 fully saturated rings. The van der Waals surface area contributed by atoms with Gasteiger partial charge in [0.15, 0.2) is 0 Å². The monoisotopic (exact) mass is 496 g/mol. The Morgan fingerprint density at radius 3 is 1.82 bits per heavy atom. The molecule has 1 N–H and O–H groups in total. The predicted molar refractivity (Wildman–Crippen MR) is 139 cm³/mol. The summed E-state index contributed by atoms with van der Waals surface area (Å²) >= 11 is 12.9. The van der Waals surface area contributed by atoms with Gasteiger partial charge in [-0.05, 0) is 36.6 Å². The molecule has 0 saturated heterocycles. The maximum Gasteiger partial charge on any atom is 0.242 e. The largest absolute Gasteiger partial charge is 0.355 e. The van der Waals surface area contributed by atoms with E-state index >= 15 is 0 Å². The van der Waals surface area contributed by atoms with Crippen LogP contribution in [0.2, 0.25) is 10.0 Å². The molecule has 0 aromatic heterocycles. The minimum atomic E-state index is -0.632. The van der Waals surface area contributed by atoms with E-state index < -0.39 is 6.04 Å². The van der Waals surface area contributed by atoms with Gasteiger partial charge in [0.25, 0.3) is 0 Å². The van der Waals surface area contributed by atoms with Crippen LogP contribution < -0.4 is 5.32 Å². The van der Waals surface area contributed by atoms with E-state index in [1.165, 1.54) is 0 Å². The van der Waals surface area contributed by atoms with Crippen molar-refractivity contribution in [1.29, 1.82) is 0 Å². The predicted octanol–water partition coefficient (Wildman–Crippen LogP) is 6.46. The zero-order chi connectivity index (χ0) is 24.5. The zero-order valence-electron chi connectivity index (χ0n) is 19.5. The Bertz CT molecular complexity index is 1030. The molecule has 0 unspecified atom stereocenters. The Hall–Kier alpha value is -2.82. The fraction of sp³-hybridized carbons (Fsp3) is 0.286. The normalized spacial score (nSPS) is 11.8. The first-order valence-corrected chi connectivity index (χ1v) is 12.3. The van der Waals surface area contributed by atoms with Crippen LogP contribution in [0.4, 0.5) is 0 Å². The molecule has 3 rings (SSSR count). The molecule has 34 heavy (non-hydrogen) atoms. The number of hydrogen-bond acceptors (Lipinski definition) is 2. The molecule has 178 valence electrons. The standard InChI is InChI=1S/C28H30Cl2N2O2/c1-3-26(28(34)31-4-2)32(19-23-24(29)16-11-17-25(23)30)27(33)18-22(20-12-7-5-8-13-20)21-14-9-6-10-15-21/h5-17,22,26H,3-4,18-19H2,1-2H3,(H,31,34)/t26-/m0/s1.